The maximum Gasteiger partial charge on any atom is 0.200 e. The van der Waals surface area contributed by atoms with Gasteiger partial charge in [-0.1, -0.05) is 23.7 Å². The Morgan fingerprint density at radius 2 is 1.85 bits per heavy atom. The summed E-state index contributed by atoms with van der Waals surface area (Å²) in [7, 11) is 0. The summed E-state index contributed by atoms with van der Waals surface area (Å²) >= 11 is 5.88. The zero-order valence-electron chi connectivity index (χ0n) is 13.5. The van der Waals surface area contributed by atoms with E-state index in [1.807, 2.05) is 0 Å². The van der Waals surface area contributed by atoms with Crippen molar-refractivity contribution in [2.45, 2.75) is 0 Å². The fourth-order valence-electron chi connectivity index (χ4n) is 2.65. The number of hydrogen-bond acceptors (Lipinski definition) is 4. The van der Waals surface area contributed by atoms with Crippen LogP contribution >= 0.6 is 11.6 Å². The van der Waals surface area contributed by atoms with Crippen molar-refractivity contribution >= 4 is 23.0 Å². The number of benzene rings is 2. The minimum absolute atomic E-state index is 0.0218. The number of nitrogens with zero attached hydrogens (tertiary/aromatic N) is 3. The Morgan fingerprint density at radius 1 is 1.11 bits per heavy atom. The van der Waals surface area contributed by atoms with Gasteiger partial charge in [0.25, 0.3) is 0 Å². The average Bonchev–Trinajstić information content (AvgIpc) is 3.08. The number of phenols is 1. The van der Waals surface area contributed by atoms with Crippen LogP contribution in [0.3, 0.4) is 0 Å². The third kappa shape index (κ3) is 3.13. The Bertz CT molecular complexity index is 1190. The van der Waals surface area contributed by atoms with Gasteiger partial charge < -0.3 is 5.11 Å². The van der Waals surface area contributed by atoms with Gasteiger partial charge in [-0.05, 0) is 18.2 Å². The summed E-state index contributed by atoms with van der Waals surface area (Å²) in [4.78, 5) is 16.7. The van der Waals surface area contributed by atoms with E-state index in [4.69, 9.17) is 11.6 Å². The van der Waals surface area contributed by atoms with Crippen molar-refractivity contribution in [2.24, 2.45) is 0 Å². The summed E-state index contributed by atoms with van der Waals surface area (Å²) in [6, 6.07) is 10.0. The van der Waals surface area contributed by atoms with E-state index in [1.54, 1.807) is 30.3 Å². The van der Waals surface area contributed by atoms with Crippen LogP contribution < -0.4 is 0 Å². The van der Waals surface area contributed by atoms with Gasteiger partial charge in [0.2, 0.25) is 0 Å². The van der Waals surface area contributed by atoms with E-state index in [-0.39, 0.29) is 5.56 Å². The molecule has 27 heavy (non-hydrogen) atoms. The molecule has 4 rings (SSSR count). The Labute approximate surface area is 156 Å². The van der Waals surface area contributed by atoms with Crippen LogP contribution in [-0.4, -0.2) is 25.5 Å². The van der Waals surface area contributed by atoms with Crippen LogP contribution in [0.5, 0.6) is 5.75 Å². The first-order chi connectivity index (χ1) is 12.9. The quantitative estimate of drug-likeness (QED) is 0.535. The number of carbonyl (C=O) groups is 1. The molecule has 0 atom stereocenters. The number of phenolic OH excluding ortho intramolecular Hbond substituents is 1. The summed E-state index contributed by atoms with van der Waals surface area (Å²) in [5, 5.41) is 14.7. The standard InChI is InChI=1S/C19H10ClF2N3O2/c20-12-3-1-10(2-4-12)16-7-17-23-8-11(9-25(17)24-16)18(26)14-5-13(21)6-15(22)19(14)27/h1-9,27H. The van der Waals surface area contributed by atoms with Crippen molar-refractivity contribution in [1.29, 1.82) is 0 Å². The largest absolute Gasteiger partial charge is 0.504 e. The lowest BCUT2D eigenvalue weighted by Crippen LogP contribution is -2.06. The zero-order valence-corrected chi connectivity index (χ0v) is 14.3. The minimum Gasteiger partial charge on any atom is -0.504 e. The number of ketones is 1. The Morgan fingerprint density at radius 3 is 2.59 bits per heavy atom. The normalized spacial score (nSPS) is 11.1. The summed E-state index contributed by atoms with van der Waals surface area (Å²) in [6.07, 6.45) is 2.64. The predicted molar refractivity (Wildman–Crippen MR) is 94.9 cm³/mol. The molecule has 0 aliphatic heterocycles. The molecule has 0 fully saturated rings. The van der Waals surface area contributed by atoms with Gasteiger partial charge in [-0.2, -0.15) is 5.10 Å². The molecular formula is C19H10ClF2N3O2. The van der Waals surface area contributed by atoms with Gasteiger partial charge >= 0.3 is 0 Å². The van der Waals surface area contributed by atoms with Gasteiger partial charge in [-0.3, -0.25) is 4.79 Å². The van der Waals surface area contributed by atoms with Crippen molar-refractivity contribution in [3.63, 3.8) is 0 Å². The molecule has 0 spiro atoms. The second-order valence-electron chi connectivity index (χ2n) is 5.79. The van der Waals surface area contributed by atoms with Crippen molar-refractivity contribution in [3.05, 3.63) is 82.6 Å². The van der Waals surface area contributed by atoms with Crippen LogP contribution in [-0.2, 0) is 0 Å². The Kier molecular flexibility index (Phi) is 4.08. The highest BCUT2D eigenvalue weighted by Gasteiger charge is 2.19. The van der Waals surface area contributed by atoms with Crippen LogP contribution in [0.1, 0.15) is 15.9 Å². The highest BCUT2D eigenvalue weighted by molar-refractivity contribution is 6.30. The Hall–Kier alpha value is -3.32. The summed E-state index contributed by atoms with van der Waals surface area (Å²) in [5.41, 5.74) is 1.43. The molecule has 2 heterocycles. The van der Waals surface area contributed by atoms with Crippen molar-refractivity contribution < 1.29 is 18.7 Å². The van der Waals surface area contributed by atoms with Gasteiger partial charge in [-0.15, -0.1) is 0 Å². The van der Waals surface area contributed by atoms with Crippen molar-refractivity contribution in [2.75, 3.05) is 0 Å². The first kappa shape index (κ1) is 17.1. The van der Waals surface area contributed by atoms with E-state index in [0.717, 1.165) is 11.6 Å². The van der Waals surface area contributed by atoms with Gasteiger partial charge in [0, 0.05) is 35.1 Å². The van der Waals surface area contributed by atoms with E-state index < -0.39 is 28.7 Å². The highest BCUT2D eigenvalue weighted by Crippen LogP contribution is 2.26. The monoisotopic (exact) mass is 385 g/mol. The van der Waals surface area contributed by atoms with Gasteiger partial charge in [0.15, 0.2) is 23.0 Å². The lowest BCUT2D eigenvalue weighted by molar-refractivity contribution is 0.103. The molecule has 0 radical (unpaired) electrons. The first-order valence-corrected chi connectivity index (χ1v) is 8.14. The van der Waals surface area contributed by atoms with E-state index in [0.29, 0.717) is 22.4 Å². The maximum absolute atomic E-state index is 13.5. The molecular weight excluding hydrogens is 376 g/mol. The van der Waals surface area contributed by atoms with Gasteiger partial charge in [0.1, 0.15) is 5.82 Å². The lowest BCUT2D eigenvalue weighted by atomic mass is 10.0. The SMILES string of the molecule is O=C(c1cnc2cc(-c3ccc(Cl)cc3)nn2c1)c1cc(F)cc(F)c1O. The molecule has 2 aromatic carbocycles. The number of fused-ring (bicyclic) bond motifs is 1. The van der Waals surface area contributed by atoms with Crippen LogP contribution in [0.2, 0.25) is 5.02 Å². The lowest BCUT2D eigenvalue weighted by Gasteiger charge is -2.05. The fourth-order valence-corrected chi connectivity index (χ4v) is 2.78. The molecule has 0 unspecified atom stereocenters. The number of halogens is 3. The average molecular weight is 386 g/mol. The Balaban J connectivity index is 1.75. The first-order valence-electron chi connectivity index (χ1n) is 7.76. The van der Waals surface area contributed by atoms with Crippen LogP contribution in [0.25, 0.3) is 16.9 Å². The third-order valence-corrected chi connectivity index (χ3v) is 4.24. The smallest absolute Gasteiger partial charge is 0.200 e. The van der Waals surface area contributed by atoms with Crippen LogP contribution in [0, 0.1) is 11.6 Å². The minimum atomic E-state index is -1.21. The number of rotatable bonds is 3. The van der Waals surface area contributed by atoms with Crippen LogP contribution in [0.15, 0.2) is 54.9 Å². The summed E-state index contributed by atoms with van der Waals surface area (Å²) in [5.74, 6) is -3.86. The van der Waals surface area contributed by atoms with Crippen molar-refractivity contribution in [3.8, 4) is 17.0 Å². The molecule has 0 amide bonds. The molecule has 0 saturated carbocycles. The van der Waals surface area contributed by atoms with E-state index in [1.165, 1.54) is 16.9 Å². The van der Waals surface area contributed by atoms with E-state index in [9.17, 15) is 18.7 Å². The maximum atomic E-state index is 13.5. The van der Waals surface area contributed by atoms with Crippen LogP contribution in [0.4, 0.5) is 8.78 Å². The summed E-state index contributed by atoms with van der Waals surface area (Å²) in [6.45, 7) is 0. The van der Waals surface area contributed by atoms with Gasteiger partial charge in [-0.25, -0.2) is 18.3 Å². The van der Waals surface area contributed by atoms with Crippen molar-refractivity contribution in [1.82, 2.24) is 14.6 Å². The molecule has 5 nitrogen and oxygen atoms in total. The number of aromatic nitrogens is 3. The zero-order chi connectivity index (χ0) is 19.1. The number of carbonyl (C=O) groups excluding carboxylic acids is 1. The molecule has 0 aliphatic carbocycles. The highest BCUT2D eigenvalue weighted by atomic mass is 35.5. The molecule has 134 valence electrons. The molecule has 1 N–H and O–H groups in total. The fraction of sp³-hybridized carbons (Fsp3) is 0. The molecule has 4 aromatic rings. The van der Waals surface area contributed by atoms with E-state index in [2.05, 4.69) is 10.1 Å². The van der Waals surface area contributed by atoms with E-state index >= 15 is 0 Å². The molecule has 2 aromatic heterocycles. The number of hydrogen-bond donors (Lipinski definition) is 1. The predicted octanol–water partition coefficient (Wildman–Crippen LogP) is 4.26. The number of aromatic hydroxyl groups is 1. The summed E-state index contributed by atoms with van der Waals surface area (Å²) < 4.78 is 28.3. The molecule has 0 bridgehead atoms. The molecule has 0 aliphatic rings. The second-order valence-corrected chi connectivity index (χ2v) is 6.23. The molecule has 8 heteroatoms. The third-order valence-electron chi connectivity index (χ3n) is 3.99. The van der Waals surface area contributed by atoms with Gasteiger partial charge in [0.05, 0.1) is 16.8 Å². The second kappa shape index (κ2) is 6.44. The molecule has 0 saturated heterocycles. The topological polar surface area (TPSA) is 67.5 Å².